The minimum atomic E-state index is -0.124. The second kappa shape index (κ2) is 6.56. The van der Waals surface area contributed by atoms with Gasteiger partial charge in [0.2, 0.25) is 5.91 Å². The van der Waals surface area contributed by atoms with Crippen LogP contribution >= 0.6 is 0 Å². The van der Waals surface area contributed by atoms with Crippen LogP contribution in [0.4, 0.5) is 0 Å². The number of nitrogens with one attached hydrogen (secondary N) is 1. The molecule has 0 aliphatic carbocycles. The third kappa shape index (κ3) is 3.26. The van der Waals surface area contributed by atoms with Crippen LogP contribution in [0.3, 0.4) is 0 Å². The molecule has 1 amide bonds. The van der Waals surface area contributed by atoms with E-state index in [0.717, 1.165) is 13.0 Å². The Hall–Kier alpha value is -1.43. The zero-order chi connectivity index (χ0) is 14.7. The summed E-state index contributed by atoms with van der Waals surface area (Å²) >= 11 is 0. The summed E-state index contributed by atoms with van der Waals surface area (Å²) in [7, 11) is 1.66. The van der Waals surface area contributed by atoms with Crippen LogP contribution in [0.1, 0.15) is 11.1 Å². The van der Waals surface area contributed by atoms with Crippen molar-refractivity contribution in [2.24, 2.45) is 0 Å². The maximum absolute atomic E-state index is 12.7. The quantitative estimate of drug-likeness (QED) is 0.884. The molecule has 0 aromatic heterocycles. The molecule has 5 nitrogen and oxygen atoms in total. The molecular weight excluding hydrogens is 268 g/mol. The van der Waals surface area contributed by atoms with E-state index in [1.807, 2.05) is 17.0 Å². The number of rotatable bonds is 3. The van der Waals surface area contributed by atoms with Gasteiger partial charge in [0.25, 0.3) is 0 Å². The number of ether oxygens (including phenoxy) is 2. The molecule has 1 N–H and O–H groups in total. The molecule has 0 spiro atoms. The van der Waals surface area contributed by atoms with Crippen molar-refractivity contribution in [3.05, 3.63) is 35.4 Å². The number of methoxy groups -OCH3 is 1. The van der Waals surface area contributed by atoms with E-state index in [0.29, 0.717) is 26.3 Å². The molecular formula is C16H22N2O3. The number of nitrogens with zero attached hydrogens (tertiary/aromatic N) is 1. The Kier molecular flexibility index (Phi) is 4.53. The predicted molar refractivity (Wildman–Crippen MR) is 79.0 cm³/mol. The number of carbonyl (C=O) groups is 1. The molecule has 21 heavy (non-hydrogen) atoms. The van der Waals surface area contributed by atoms with E-state index in [9.17, 15) is 4.79 Å². The Morgan fingerprint density at radius 1 is 1.43 bits per heavy atom. The van der Waals surface area contributed by atoms with Crippen LogP contribution in [-0.2, 0) is 27.2 Å². The van der Waals surface area contributed by atoms with Gasteiger partial charge >= 0.3 is 0 Å². The Labute approximate surface area is 125 Å². The van der Waals surface area contributed by atoms with Crippen LogP contribution in [0.15, 0.2) is 24.3 Å². The van der Waals surface area contributed by atoms with Gasteiger partial charge in [-0.1, -0.05) is 24.3 Å². The Morgan fingerprint density at radius 3 is 3.05 bits per heavy atom. The highest BCUT2D eigenvalue weighted by Crippen LogP contribution is 2.18. The number of benzene rings is 1. The van der Waals surface area contributed by atoms with E-state index in [4.69, 9.17) is 9.47 Å². The van der Waals surface area contributed by atoms with Crippen LogP contribution in [-0.4, -0.2) is 56.4 Å². The lowest BCUT2D eigenvalue weighted by molar-refractivity contribution is -0.143. The molecule has 2 heterocycles. The van der Waals surface area contributed by atoms with Crippen LogP contribution in [0, 0.1) is 0 Å². The molecule has 0 unspecified atom stereocenters. The van der Waals surface area contributed by atoms with Crippen molar-refractivity contribution in [1.82, 2.24) is 10.2 Å². The summed E-state index contributed by atoms with van der Waals surface area (Å²) in [6.45, 7) is 3.16. The van der Waals surface area contributed by atoms with Crippen molar-refractivity contribution in [1.29, 1.82) is 0 Å². The fraction of sp³-hybridized carbons (Fsp3) is 0.562. The van der Waals surface area contributed by atoms with Crippen LogP contribution < -0.4 is 5.32 Å². The standard InChI is InChI=1S/C16H22N2O3/c1-20-11-14-10-18(6-7-21-14)16(19)15-8-12-4-2-3-5-13(12)9-17-15/h2-5,14-15,17H,6-11H2,1H3/t14-,15-/m0/s1. The van der Waals surface area contributed by atoms with Crippen molar-refractivity contribution < 1.29 is 14.3 Å². The first-order chi connectivity index (χ1) is 10.3. The van der Waals surface area contributed by atoms with Gasteiger partial charge in [0.05, 0.1) is 25.4 Å². The second-order valence-electron chi connectivity index (χ2n) is 5.64. The van der Waals surface area contributed by atoms with Gasteiger partial charge in [-0.3, -0.25) is 4.79 Å². The maximum Gasteiger partial charge on any atom is 0.240 e. The van der Waals surface area contributed by atoms with E-state index in [1.54, 1.807) is 7.11 Å². The van der Waals surface area contributed by atoms with Gasteiger partial charge in [0.1, 0.15) is 0 Å². The molecule has 1 aromatic carbocycles. The van der Waals surface area contributed by atoms with Crippen molar-refractivity contribution in [2.45, 2.75) is 25.1 Å². The van der Waals surface area contributed by atoms with Crippen LogP contribution in [0.5, 0.6) is 0 Å². The predicted octanol–water partition coefficient (Wildman–Crippen LogP) is 0.575. The van der Waals surface area contributed by atoms with E-state index in [2.05, 4.69) is 17.4 Å². The fourth-order valence-electron chi connectivity index (χ4n) is 3.06. The number of hydrogen-bond acceptors (Lipinski definition) is 4. The number of carbonyl (C=O) groups excluding carboxylic acids is 1. The summed E-state index contributed by atoms with van der Waals surface area (Å²) in [4.78, 5) is 14.6. The first kappa shape index (κ1) is 14.5. The van der Waals surface area contributed by atoms with Gasteiger partial charge in [0.15, 0.2) is 0 Å². The summed E-state index contributed by atoms with van der Waals surface area (Å²) in [6, 6.07) is 8.19. The topological polar surface area (TPSA) is 50.8 Å². The number of hydrogen-bond donors (Lipinski definition) is 1. The molecule has 0 bridgehead atoms. The summed E-state index contributed by atoms with van der Waals surface area (Å²) in [5, 5.41) is 3.36. The van der Waals surface area contributed by atoms with E-state index < -0.39 is 0 Å². The normalized spacial score (nSPS) is 25.5. The van der Waals surface area contributed by atoms with Crippen LogP contribution in [0.25, 0.3) is 0 Å². The molecule has 1 aromatic rings. The summed E-state index contributed by atoms with van der Waals surface area (Å²) < 4.78 is 10.7. The van der Waals surface area contributed by atoms with Gasteiger partial charge in [-0.05, 0) is 17.5 Å². The highest BCUT2D eigenvalue weighted by Gasteiger charge is 2.31. The zero-order valence-electron chi connectivity index (χ0n) is 12.4. The highest BCUT2D eigenvalue weighted by molar-refractivity contribution is 5.82. The van der Waals surface area contributed by atoms with Crippen molar-refractivity contribution in [3.63, 3.8) is 0 Å². The zero-order valence-corrected chi connectivity index (χ0v) is 12.4. The summed E-state index contributed by atoms with van der Waals surface area (Å²) in [6.07, 6.45) is 0.755. The van der Waals surface area contributed by atoms with Gasteiger partial charge in [-0.25, -0.2) is 0 Å². The Balaban J connectivity index is 1.63. The second-order valence-corrected chi connectivity index (χ2v) is 5.64. The minimum Gasteiger partial charge on any atom is -0.382 e. The molecule has 2 aliphatic rings. The molecule has 1 saturated heterocycles. The molecule has 2 atom stereocenters. The van der Waals surface area contributed by atoms with Crippen molar-refractivity contribution in [2.75, 3.05) is 33.4 Å². The van der Waals surface area contributed by atoms with Gasteiger partial charge in [-0.2, -0.15) is 0 Å². The van der Waals surface area contributed by atoms with E-state index in [-0.39, 0.29) is 18.1 Å². The van der Waals surface area contributed by atoms with E-state index in [1.165, 1.54) is 11.1 Å². The molecule has 0 saturated carbocycles. The monoisotopic (exact) mass is 290 g/mol. The first-order valence-electron chi connectivity index (χ1n) is 7.47. The van der Waals surface area contributed by atoms with Gasteiger partial charge < -0.3 is 19.7 Å². The summed E-state index contributed by atoms with van der Waals surface area (Å²) in [5.74, 6) is 0.175. The fourth-order valence-corrected chi connectivity index (χ4v) is 3.06. The van der Waals surface area contributed by atoms with Crippen molar-refractivity contribution >= 4 is 5.91 Å². The highest BCUT2D eigenvalue weighted by atomic mass is 16.5. The van der Waals surface area contributed by atoms with Gasteiger partial charge in [-0.15, -0.1) is 0 Å². The average Bonchev–Trinajstić information content (AvgIpc) is 2.54. The number of fused-ring (bicyclic) bond motifs is 1. The number of morpholine rings is 1. The average molecular weight is 290 g/mol. The molecule has 2 aliphatic heterocycles. The Bertz CT molecular complexity index is 504. The largest absolute Gasteiger partial charge is 0.382 e. The Morgan fingerprint density at radius 2 is 2.24 bits per heavy atom. The maximum atomic E-state index is 12.7. The lowest BCUT2D eigenvalue weighted by atomic mass is 9.95. The SMILES string of the molecule is COC[C@@H]1CN(C(=O)[C@@H]2Cc3ccccc3CN2)CCO1. The first-order valence-corrected chi connectivity index (χ1v) is 7.47. The third-order valence-corrected chi connectivity index (χ3v) is 4.18. The molecule has 5 heteroatoms. The van der Waals surface area contributed by atoms with Crippen molar-refractivity contribution in [3.8, 4) is 0 Å². The van der Waals surface area contributed by atoms with Crippen LogP contribution in [0.2, 0.25) is 0 Å². The molecule has 0 radical (unpaired) electrons. The minimum absolute atomic E-state index is 0.0106. The third-order valence-electron chi connectivity index (χ3n) is 4.18. The number of amides is 1. The summed E-state index contributed by atoms with van der Waals surface area (Å²) in [5.41, 5.74) is 2.57. The van der Waals surface area contributed by atoms with Gasteiger partial charge in [0, 0.05) is 26.7 Å². The molecule has 114 valence electrons. The lowest BCUT2D eigenvalue weighted by Crippen LogP contribution is -2.54. The smallest absolute Gasteiger partial charge is 0.240 e. The van der Waals surface area contributed by atoms with E-state index >= 15 is 0 Å². The lowest BCUT2D eigenvalue weighted by Gasteiger charge is -2.36. The molecule has 3 rings (SSSR count). The molecule has 1 fully saturated rings.